The molecule has 24 heavy (non-hydrogen) atoms. The van der Waals surface area contributed by atoms with Crippen LogP contribution in [0.1, 0.15) is 18.4 Å². The van der Waals surface area contributed by atoms with Crippen LogP contribution in [0.2, 0.25) is 20.1 Å². The van der Waals surface area contributed by atoms with E-state index in [4.69, 9.17) is 52.1 Å². The summed E-state index contributed by atoms with van der Waals surface area (Å²) in [5.41, 5.74) is 9.53. The van der Waals surface area contributed by atoms with Gasteiger partial charge < -0.3 is 10.7 Å². The lowest BCUT2D eigenvalue weighted by molar-refractivity contribution is 0.748. The second kappa shape index (κ2) is 7.55. The first-order valence-electron chi connectivity index (χ1n) is 7.67. The van der Waals surface area contributed by atoms with Crippen LogP contribution in [0.15, 0.2) is 30.3 Å². The Morgan fingerprint density at radius 3 is 2.25 bits per heavy atom. The normalized spacial score (nSPS) is 11.4. The van der Waals surface area contributed by atoms with Crippen molar-refractivity contribution < 1.29 is 0 Å². The van der Waals surface area contributed by atoms with Crippen molar-refractivity contribution in [2.75, 3.05) is 6.54 Å². The van der Waals surface area contributed by atoms with Gasteiger partial charge in [-0.15, -0.1) is 0 Å². The molecular weight excluding hydrogens is 386 g/mol. The molecule has 3 rings (SSSR count). The molecule has 0 unspecified atom stereocenters. The van der Waals surface area contributed by atoms with Gasteiger partial charge in [0.2, 0.25) is 0 Å². The molecule has 1 heterocycles. The first-order chi connectivity index (χ1) is 11.5. The topological polar surface area (TPSA) is 41.8 Å². The summed E-state index contributed by atoms with van der Waals surface area (Å²) in [6.45, 7) is 0.666. The minimum Gasteiger partial charge on any atom is -0.353 e. The zero-order valence-corrected chi connectivity index (χ0v) is 15.8. The predicted molar refractivity (Wildman–Crippen MR) is 106 cm³/mol. The highest BCUT2D eigenvalue weighted by Crippen LogP contribution is 2.39. The van der Waals surface area contributed by atoms with Crippen LogP contribution in [0, 0.1) is 0 Å². The van der Waals surface area contributed by atoms with Crippen molar-refractivity contribution in [3.05, 3.63) is 56.0 Å². The fourth-order valence-electron chi connectivity index (χ4n) is 2.89. The second-order valence-corrected chi connectivity index (χ2v) is 7.26. The number of fused-ring (bicyclic) bond motifs is 1. The Labute approximate surface area is 160 Å². The molecule has 0 aliphatic rings. The molecule has 0 radical (unpaired) electrons. The molecule has 0 spiro atoms. The highest BCUT2D eigenvalue weighted by Gasteiger charge is 2.18. The molecule has 0 atom stereocenters. The van der Waals surface area contributed by atoms with Crippen LogP contribution in [-0.2, 0) is 6.42 Å². The molecule has 0 fully saturated rings. The SMILES string of the molecule is NCCCCc1c(-c2ccc(Cl)c(Cl)c2)[nH]c2c(Cl)ccc(Cl)c12. The van der Waals surface area contributed by atoms with E-state index >= 15 is 0 Å². The number of hydrogen-bond donors (Lipinski definition) is 2. The van der Waals surface area contributed by atoms with Gasteiger partial charge in [0.05, 0.1) is 25.6 Å². The third kappa shape index (κ3) is 3.40. The minimum atomic E-state index is 0.512. The van der Waals surface area contributed by atoms with E-state index < -0.39 is 0 Å². The van der Waals surface area contributed by atoms with Gasteiger partial charge >= 0.3 is 0 Å². The Bertz CT molecular complexity index is 886. The lowest BCUT2D eigenvalue weighted by Gasteiger charge is -2.07. The quantitative estimate of drug-likeness (QED) is 0.457. The van der Waals surface area contributed by atoms with Gasteiger partial charge in [-0.25, -0.2) is 0 Å². The Kier molecular flexibility index (Phi) is 5.63. The molecule has 2 aromatic carbocycles. The third-order valence-corrected chi connectivity index (χ3v) is 5.42. The molecule has 0 bridgehead atoms. The molecule has 3 N–H and O–H groups in total. The van der Waals surface area contributed by atoms with Gasteiger partial charge in [0, 0.05) is 11.1 Å². The molecule has 0 aliphatic heterocycles. The zero-order valence-electron chi connectivity index (χ0n) is 12.8. The van der Waals surface area contributed by atoms with Crippen molar-refractivity contribution >= 4 is 57.3 Å². The van der Waals surface area contributed by atoms with Gasteiger partial charge in [-0.2, -0.15) is 0 Å². The minimum absolute atomic E-state index is 0.512. The molecule has 0 amide bonds. The zero-order chi connectivity index (χ0) is 17.3. The van der Waals surface area contributed by atoms with Crippen molar-refractivity contribution in [2.24, 2.45) is 5.73 Å². The van der Waals surface area contributed by atoms with Gasteiger partial charge in [0.25, 0.3) is 0 Å². The highest BCUT2D eigenvalue weighted by atomic mass is 35.5. The van der Waals surface area contributed by atoms with E-state index in [1.165, 1.54) is 0 Å². The third-order valence-electron chi connectivity index (χ3n) is 4.05. The van der Waals surface area contributed by atoms with Gasteiger partial charge in [0.15, 0.2) is 0 Å². The van der Waals surface area contributed by atoms with E-state index in [0.717, 1.165) is 47.0 Å². The summed E-state index contributed by atoms with van der Waals surface area (Å²) in [6.07, 6.45) is 2.78. The lowest BCUT2D eigenvalue weighted by atomic mass is 10.0. The van der Waals surface area contributed by atoms with E-state index in [2.05, 4.69) is 4.98 Å². The average molecular weight is 402 g/mol. The number of benzene rings is 2. The van der Waals surface area contributed by atoms with Crippen molar-refractivity contribution in [1.82, 2.24) is 4.98 Å². The molecule has 0 saturated carbocycles. The molecule has 0 aliphatic carbocycles. The lowest BCUT2D eigenvalue weighted by Crippen LogP contribution is -1.99. The molecular formula is C18H16Cl4N2. The van der Waals surface area contributed by atoms with Crippen LogP contribution < -0.4 is 5.73 Å². The molecule has 1 aromatic heterocycles. The predicted octanol–water partition coefficient (Wildman–Crippen LogP) is 6.73. The summed E-state index contributed by atoms with van der Waals surface area (Å²) in [7, 11) is 0. The van der Waals surface area contributed by atoms with E-state index in [1.807, 2.05) is 18.2 Å². The molecule has 0 saturated heterocycles. The number of H-pyrrole nitrogens is 1. The maximum Gasteiger partial charge on any atom is 0.0666 e. The first kappa shape index (κ1) is 17.9. The van der Waals surface area contributed by atoms with Gasteiger partial charge in [-0.3, -0.25) is 0 Å². The second-order valence-electron chi connectivity index (χ2n) is 5.63. The molecule has 2 nitrogen and oxygen atoms in total. The van der Waals surface area contributed by atoms with Crippen LogP contribution >= 0.6 is 46.4 Å². The number of hydrogen-bond acceptors (Lipinski definition) is 1. The summed E-state index contributed by atoms with van der Waals surface area (Å²) >= 11 is 25.0. The van der Waals surface area contributed by atoms with Gasteiger partial charge in [0.1, 0.15) is 0 Å². The summed E-state index contributed by atoms with van der Waals surface area (Å²) in [5.74, 6) is 0. The van der Waals surface area contributed by atoms with E-state index in [0.29, 0.717) is 26.6 Å². The van der Waals surface area contributed by atoms with Crippen molar-refractivity contribution in [3.8, 4) is 11.3 Å². The summed E-state index contributed by atoms with van der Waals surface area (Å²) < 4.78 is 0. The number of aryl methyl sites for hydroxylation is 1. The van der Waals surface area contributed by atoms with Gasteiger partial charge in [-0.05, 0) is 61.2 Å². The number of rotatable bonds is 5. The Hall–Kier alpha value is -0.900. The summed E-state index contributed by atoms with van der Waals surface area (Å²) in [6, 6.07) is 9.20. The van der Waals surface area contributed by atoms with E-state index in [1.54, 1.807) is 12.1 Å². The number of nitrogens with one attached hydrogen (secondary N) is 1. The maximum absolute atomic E-state index is 6.45. The Morgan fingerprint density at radius 1 is 0.833 bits per heavy atom. The largest absolute Gasteiger partial charge is 0.353 e. The van der Waals surface area contributed by atoms with Crippen LogP contribution in [-0.4, -0.2) is 11.5 Å². The number of aromatic nitrogens is 1. The Morgan fingerprint density at radius 2 is 1.54 bits per heavy atom. The van der Waals surface area contributed by atoms with Crippen LogP contribution in [0.5, 0.6) is 0 Å². The van der Waals surface area contributed by atoms with Crippen molar-refractivity contribution in [3.63, 3.8) is 0 Å². The summed E-state index contributed by atoms with van der Waals surface area (Å²) in [5, 5.41) is 3.32. The number of nitrogens with two attached hydrogens (primary N) is 1. The fourth-order valence-corrected chi connectivity index (χ4v) is 3.66. The molecule has 126 valence electrons. The number of aromatic amines is 1. The monoisotopic (exact) mass is 400 g/mol. The number of unbranched alkanes of at least 4 members (excludes halogenated alkanes) is 1. The van der Waals surface area contributed by atoms with Crippen molar-refractivity contribution in [2.45, 2.75) is 19.3 Å². The van der Waals surface area contributed by atoms with Crippen LogP contribution in [0.25, 0.3) is 22.2 Å². The fraction of sp³-hybridized carbons (Fsp3) is 0.222. The molecule has 6 heteroatoms. The highest BCUT2D eigenvalue weighted by molar-refractivity contribution is 6.42. The smallest absolute Gasteiger partial charge is 0.0666 e. The number of halogens is 4. The Balaban J connectivity index is 2.21. The van der Waals surface area contributed by atoms with E-state index in [9.17, 15) is 0 Å². The first-order valence-corrected chi connectivity index (χ1v) is 9.18. The average Bonchev–Trinajstić information content (AvgIpc) is 2.95. The maximum atomic E-state index is 6.45. The van der Waals surface area contributed by atoms with Crippen LogP contribution in [0.3, 0.4) is 0 Å². The molecule has 3 aromatic rings. The van der Waals surface area contributed by atoms with Crippen molar-refractivity contribution in [1.29, 1.82) is 0 Å². The summed E-state index contributed by atoms with van der Waals surface area (Å²) in [4.78, 5) is 3.41. The van der Waals surface area contributed by atoms with E-state index in [-0.39, 0.29) is 0 Å². The van der Waals surface area contributed by atoms with Gasteiger partial charge in [-0.1, -0.05) is 52.5 Å². The standard InChI is InChI=1S/C18H16Cl4N2/c19-12-5-4-10(9-15(12)22)17-11(3-1-2-8-23)16-13(20)6-7-14(21)18(16)24-17/h4-7,9,24H,1-3,8,23H2. The van der Waals surface area contributed by atoms with Crippen LogP contribution in [0.4, 0.5) is 0 Å².